The lowest BCUT2D eigenvalue weighted by Gasteiger charge is -2.38. The molecule has 0 atom stereocenters. The molecule has 3 rings (SSSR count). The summed E-state index contributed by atoms with van der Waals surface area (Å²) in [5, 5.41) is 9.00. The van der Waals surface area contributed by atoms with Gasteiger partial charge in [-0.1, -0.05) is 12.1 Å². The van der Waals surface area contributed by atoms with Crippen molar-refractivity contribution >= 4 is 17.5 Å². The van der Waals surface area contributed by atoms with Crippen LogP contribution in [-0.4, -0.2) is 97.1 Å². The molecular formula is C20H30N4O3. The Balaban J connectivity index is 1.52. The van der Waals surface area contributed by atoms with Gasteiger partial charge in [0.2, 0.25) is 0 Å². The topological polar surface area (TPSA) is 67.3 Å². The predicted molar refractivity (Wildman–Crippen MR) is 105 cm³/mol. The Morgan fingerprint density at radius 1 is 0.889 bits per heavy atom. The number of benzene rings is 1. The number of aliphatic hydroxyl groups excluding tert-OH is 1. The number of amides is 2. The lowest BCUT2D eigenvalue weighted by Crippen LogP contribution is -2.56. The number of nitrogens with zero attached hydrogens (tertiary/aromatic N) is 4. The van der Waals surface area contributed by atoms with Gasteiger partial charge in [-0.05, 0) is 31.0 Å². The summed E-state index contributed by atoms with van der Waals surface area (Å²) in [6.45, 7) is 10.1. The summed E-state index contributed by atoms with van der Waals surface area (Å²) >= 11 is 0. The predicted octanol–water partition coefficient (Wildman–Crippen LogP) is 0.0885. The van der Waals surface area contributed by atoms with Gasteiger partial charge in [-0.15, -0.1) is 0 Å². The maximum atomic E-state index is 12.6. The highest BCUT2D eigenvalue weighted by Crippen LogP contribution is 2.24. The largest absolute Gasteiger partial charge is 0.395 e. The Morgan fingerprint density at radius 2 is 1.44 bits per heavy atom. The first-order valence-corrected chi connectivity index (χ1v) is 9.74. The number of aryl methyl sites for hydroxylation is 1. The molecule has 2 aliphatic heterocycles. The molecule has 0 aliphatic carbocycles. The highest BCUT2D eigenvalue weighted by Gasteiger charge is 2.31. The summed E-state index contributed by atoms with van der Waals surface area (Å²) in [5.74, 6) is -0.773. The average Bonchev–Trinajstić information content (AvgIpc) is 2.70. The van der Waals surface area contributed by atoms with Crippen molar-refractivity contribution in [3.63, 3.8) is 0 Å². The molecule has 2 amide bonds. The minimum Gasteiger partial charge on any atom is -0.395 e. The number of β-amino-alcohol motifs (C(OH)–C–C–N with tert-alkyl or cyclic N) is 1. The summed E-state index contributed by atoms with van der Waals surface area (Å²) in [6, 6.07) is 6.30. The number of carbonyl (C=O) groups excluding carboxylic acids is 2. The van der Waals surface area contributed by atoms with E-state index in [2.05, 4.69) is 41.8 Å². The van der Waals surface area contributed by atoms with Gasteiger partial charge in [0.1, 0.15) is 0 Å². The van der Waals surface area contributed by atoms with Gasteiger partial charge in [-0.3, -0.25) is 14.5 Å². The van der Waals surface area contributed by atoms with Crippen LogP contribution in [0.25, 0.3) is 0 Å². The number of rotatable bonds is 3. The van der Waals surface area contributed by atoms with Gasteiger partial charge < -0.3 is 19.8 Å². The van der Waals surface area contributed by atoms with E-state index in [1.54, 1.807) is 9.80 Å². The maximum Gasteiger partial charge on any atom is 0.312 e. The van der Waals surface area contributed by atoms with E-state index in [9.17, 15) is 9.59 Å². The van der Waals surface area contributed by atoms with Crippen molar-refractivity contribution in [3.8, 4) is 0 Å². The SMILES string of the molecule is Cc1cccc(N2CCN(C(=O)C(=O)N3CCN(CCO)CC3)CC2)c1C. The first-order chi connectivity index (χ1) is 13.0. The molecule has 0 radical (unpaired) electrons. The second kappa shape index (κ2) is 8.71. The summed E-state index contributed by atoms with van der Waals surface area (Å²) in [4.78, 5) is 32.9. The molecule has 0 spiro atoms. The first-order valence-electron chi connectivity index (χ1n) is 9.74. The van der Waals surface area contributed by atoms with Crippen molar-refractivity contribution in [1.29, 1.82) is 0 Å². The molecule has 2 fully saturated rings. The molecule has 0 saturated carbocycles. The van der Waals surface area contributed by atoms with Gasteiger partial charge in [0.15, 0.2) is 0 Å². The van der Waals surface area contributed by atoms with Crippen LogP contribution in [0.5, 0.6) is 0 Å². The molecule has 7 heteroatoms. The molecule has 2 aliphatic rings. The van der Waals surface area contributed by atoms with Crippen molar-refractivity contribution in [2.24, 2.45) is 0 Å². The van der Waals surface area contributed by atoms with E-state index in [0.29, 0.717) is 45.8 Å². The zero-order valence-corrected chi connectivity index (χ0v) is 16.4. The van der Waals surface area contributed by atoms with Crippen molar-refractivity contribution < 1.29 is 14.7 Å². The Morgan fingerprint density at radius 3 is 2.00 bits per heavy atom. The standard InChI is InChI=1S/C20H30N4O3/c1-16-4-3-5-18(17(16)2)22-10-12-24(13-11-22)20(27)19(26)23-8-6-21(7-9-23)14-15-25/h3-5,25H,6-15H2,1-2H3. The molecule has 7 nitrogen and oxygen atoms in total. The Labute approximate surface area is 161 Å². The minimum atomic E-state index is -0.390. The van der Waals surface area contributed by atoms with Crippen LogP contribution in [0.1, 0.15) is 11.1 Å². The second-order valence-electron chi connectivity index (χ2n) is 7.36. The van der Waals surface area contributed by atoms with Crippen LogP contribution in [-0.2, 0) is 9.59 Å². The zero-order valence-electron chi connectivity index (χ0n) is 16.4. The smallest absolute Gasteiger partial charge is 0.312 e. The second-order valence-corrected chi connectivity index (χ2v) is 7.36. The van der Waals surface area contributed by atoms with Crippen molar-refractivity contribution in [2.45, 2.75) is 13.8 Å². The Hall–Kier alpha value is -2.12. The van der Waals surface area contributed by atoms with Crippen LogP contribution in [0, 0.1) is 13.8 Å². The Kier molecular flexibility index (Phi) is 6.34. The summed E-state index contributed by atoms with van der Waals surface area (Å²) in [7, 11) is 0. The molecule has 27 heavy (non-hydrogen) atoms. The molecule has 1 N–H and O–H groups in total. The normalized spacial score (nSPS) is 18.7. The fourth-order valence-corrected chi connectivity index (χ4v) is 3.82. The number of carbonyl (C=O) groups is 2. The first kappa shape index (κ1) is 19.6. The van der Waals surface area contributed by atoms with E-state index in [0.717, 1.165) is 13.1 Å². The number of hydrogen-bond donors (Lipinski definition) is 1. The van der Waals surface area contributed by atoms with E-state index < -0.39 is 0 Å². The molecule has 148 valence electrons. The third kappa shape index (κ3) is 4.42. The van der Waals surface area contributed by atoms with Crippen LogP contribution in [0.15, 0.2) is 18.2 Å². The lowest BCUT2D eigenvalue weighted by atomic mass is 10.1. The monoisotopic (exact) mass is 374 g/mol. The molecule has 0 bridgehead atoms. The fraction of sp³-hybridized carbons (Fsp3) is 0.600. The van der Waals surface area contributed by atoms with E-state index in [4.69, 9.17) is 5.11 Å². The zero-order chi connectivity index (χ0) is 19.4. The van der Waals surface area contributed by atoms with Crippen LogP contribution < -0.4 is 4.90 Å². The average molecular weight is 374 g/mol. The van der Waals surface area contributed by atoms with Crippen molar-refractivity contribution in [3.05, 3.63) is 29.3 Å². The van der Waals surface area contributed by atoms with E-state index in [-0.39, 0.29) is 18.4 Å². The number of aliphatic hydroxyl groups is 1. The van der Waals surface area contributed by atoms with E-state index in [1.807, 2.05) is 0 Å². The van der Waals surface area contributed by atoms with Crippen molar-refractivity contribution in [2.75, 3.05) is 70.4 Å². The highest BCUT2D eigenvalue weighted by molar-refractivity contribution is 6.35. The van der Waals surface area contributed by atoms with E-state index in [1.165, 1.54) is 16.8 Å². The van der Waals surface area contributed by atoms with Crippen LogP contribution in [0.4, 0.5) is 5.69 Å². The third-order valence-electron chi connectivity index (χ3n) is 5.74. The van der Waals surface area contributed by atoms with Gasteiger partial charge in [-0.2, -0.15) is 0 Å². The summed E-state index contributed by atoms with van der Waals surface area (Å²) in [6.07, 6.45) is 0. The highest BCUT2D eigenvalue weighted by atomic mass is 16.3. The third-order valence-corrected chi connectivity index (χ3v) is 5.74. The Bertz CT molecular complexity index is 678. The molecule has 0 aromatic heterocycles. The molecular weight excluding hydrogens is 344 g/mol. The molecule has 2 saturated heterocycles. The van der Waals surface area contributed by atoms with Crippen molar-refractivity contribution in [1.82, 2.24) is 14.7 Å². The van der Waals surface area contributed by atoms with E-state index >= 15 is 0 Å². The van der Waals surface area contributed by atoms with Gasteiger partial charge in [0, 0.05) is 64.6 Å². The molecule has 1 aromatic rings. The number of anilines is 1. The summed E-state index contributed by atoms with van der Waals surface area (Å²) < 4.78 is 0. The van der Waals surface area contributed by atoms with Gasteiger partial charge >= 0.3 is 11.8 Å². The maximum absolute atomic E-state index is 12.6. The molecule has 2 heterocycles. The number of hydrogen-bond acceptors (Lipinski definition) is 5. The van der Waals surface area contributed by atoms with Crippen LogP contribution in [0.3, 0.4) is 0 Å². The summed E-state index contributed by atoms with van der Waals surface area (Å²) in [5.41, 5.74) is 3.75. The lowest BCUT2D eigenvalue weighted by molar-refractivity contribution is -0.153. The minimum absolute atomic E-state index is 0.123. The quantitative estimate of drug-likeness (QED) is 0.760. The van der Waals surface area contributed by atoms with Crippen LogP contribution >= 0.6 is 0 Å². The fourth-order valence-electron chi connectivity index (χ4n) is 3.82. The number of piperazine rings is 2. The molecule has 1 aromatic carbocycles. The molecule has 0 unspecified atom stereocenters. The van der Waals surface area contributed by atoms with Crippen LogP contribution in [0.2, 0.25) is 0 Å². The van der Waals surface area contributed by atoms with Gasteiger partial charge in [0.25, 0.3) is 0 Å². The van der Waals surface area contributed by atoms with Gasteiger partial charge in [-0.25, -0.2) is 0 Å². The van der Waals surface area contributed by atoms with Gasteiger partial charge in [0.05, 0.1) is 6.61 Å².